The molecule has 96 valence electrons. The molecule has 4 heteroatoms. The number of aryl methyl sites for hydroxylation is 1. The van der Waals surface area contributed by atoms with Crippen LogP contribution in [0.1, 0.15) is 31.8 Å². The van der Waals surface area contributed by atoms with Gasteiger partial charge < -0.3 is 0 Å². The van der Waals surface area contributed by atoms with Crippen LogP contribution in [-0.4, -0.2) is 11.8 Å². The van der Waals surface area contributed by atoms with Gasteiger partial charge in [-0.2, -0.15) is 5.26 Å². The van der Waals surface area contributed by atoms with Gasteiger partial charge in [0.05, 0.1) is 28.4 Å². The Balaban J connectivity index is 2.07. The number of rotatable bonds is 1. The van der Waals surface area contributed by atoms with Crippen molar-refractivity contribution in [3.8, 4) is 6.07 Å². The molecular weight excluding hydrogens is 252 g/mol. The maximum Gasteiger partial charge on any atom is 0.266 e. The first-order chi connectivity index (χ1) is 9.61. The molecule has 0 bridgehead atoms. The number of carbonyl (C=O) groups is 2. The van der Waals surface area contributed by atoms with Crippen molar-refractivity contribution in [1.29, 1.82) is 5.26 Å². The van der Waals surface area contributed by atoms with Gasteiger partial charge in [-0.25, -0.2) is 4.90 Å². The molecule has 1 aliphatic rings. The van der Waals surface area contributed by atoms with E-state index in [9.17, 15) is 9.59 Å². The number of fused-ring (bicyclic) bond motifs is 1. The lowest BCUT2D eigenvalue weighted by atomic mass is 10.1. The molecule has 0 aromatic heterocycles. The van der Waals surface area contributed by atoms with Crippen molar-refractivity contribution in [3.05, 3.63) is 64.7 Å². The van der Waals surface area contributed by atoms with Crippen LogP contribution in [-0.2, 0) is 0 Å². The molecule has 2 aromatic carbocycles. The van der Waals surface area contributed by atoms with Crippen molar-refractivity contribution in [3.63, 3.8) is 0 Å². The van der Waals surface area contributed by atoms with Crippen LogP contribution in [0.2, 0.25) is 0 Å². The molecule has 0 atom stereocenters. The molecule has 0 N–H and O–H groups in total. The molecule has 0 fully saturated rings. The highest BCUT2D eigenvalue weighted by molar-refractivity contribution is 6.34. The van der Waals surface area contributed by atoms with Crippen molar-refractivity contribution in [2.45, 2.75) is 6.92 Å². The minimum absolute atomic E-state index is 0.321. The van der Waals surface area contributed by atoms with Gasteiger partial charge in [-0.15, -0.1) is 0 Å². The number of imide groups is 1. The topological polar surface area (TPSA) is 61.2 Å². The van der Waals surface area contributed by atoms with E-state index < -0.39 is 0 Å². The van der Waals surface area contributed by atoms with E-state index in [4.69, 9.17) is 5.26 Å². The lowest BCUT2D eigenvalue weighted by molar-refractivity contribution is 0.0926. The highest BCUT2D eigenvalue weighted by atomic mass is 16.2. The van der Waals surface area contributed by atoms with E-state index in [1.807, 2.05) is 19.1 Å². The fourth-order valence-electron chi connectivity index (χ4n) is 2.27. The highest BCUT2D eigenvalue weighted by Crippen LogP contribution is 2.29. The summed E-state index contributed by atoms with van der Waals surface area (Å²) in [7, 11) is 0. The van der Waals surface area contributed by atoms with Gasteiger partial charge in [0.25, 0.3) is 11.8 Å². The molecule has 3 rings (SSSR count). The molecule has 0 spiro atoms. The number of nitriles is 1. The van der Waals surface area contributed by atoms with E-state index in [-0.39, 0.29) is 11.8 Å². The number of nitrogens with zero attached hydrogens (tertiary/aromatic N) is 2. The van der Waals surface area contributed by atoms with Crippen LogP contribution in [0.4, 0.5) is 5.69 Å². The first-order valence-electron chi connectivity index (χ1n) is 6.11. The normalized spacial score (nSPS) is 13.3. The number of anilines is 1. The van der Waals surface area contributed by atoms with Gasteiger partial charge in [-0.05, 0) is 43.3 Å². The Labute approximate surface area is 115 Å². The predicted octanol–water partition coefficient (Wildman–Crippen LogP) is 2.67. The van der Waals surface area contributed by atoms with Crippen molar-refractivity contribution in [2.24, 2.45) is 0 Å². The zero-order valence-corrected chi connectivity index (χ0v) is 10.8. The summed E-state index contributed by atoms with van der Waals surface area (Å²) in [6, 6.07) is 13.6. The second-order valence-electron chi connectivity index (χ2n) is 4.65. The monoisotopic (exact) mass is 262 g/mol. The van der Waals surface area contributed by atoms with Crippen molar-refractivity contribution in [2.75, 3.05) is 4.90 Å². The largest absolute Gasteiger partial charge is 0.268 e. The summed E-state index contributed by atoms with van der Waals surface area (Å²) < 4.78 is 0. The molecule has 20 heavy (non-hydrogen) atoms. The summed E-state index contributed by atoms with van der Waals surface area (Å²) in [5.41, 5.74) is 2.75. The van der Waals surface area contributed by atoms with Gasteiger partial charge in [-0.3, -0.25) is 9.59 Å². The Bertz CT molecular complexity index is 770. The van der Waals surface area contributed by atoms with Crippen molar-refractivity contribution < 1.29 is 9.59 Å². The zero-order chi connectivity index (χ0) is 14.3. The van der Waals surface area contributed by atoms with Gasteiger partial charge in [0, 0.05) is 0 Å². The highest BCUT2D eigenvalue weighted by Gasteiger charge is 2.36. The third-order valence-electron chi connectivity index (χ3n) is 3.30. The molecule has 2 aromatic rings. The molecule has 0 unspecified atom stereocenters. The SMILES string of the molecule is Cc1ccc2c(c1)C(=O)N(c1ccc(C#N)cc1)C2=O. The van der Waals surface area contributed by atoms with Crippen LogP contribution in [0.15, 0.2) is 42.5 Å². The van der Waals surface area contributed by atoms with Gasteiger partial charge in [0.1, 0.15) is 0 Å². The van der Waals surface area contributed by atoms with E-state index in [1.54, 1.807) is 36.4 Å². The summed E-state index contributed by atoms with van der Waals surface area (Å²) in [4.78, 5) is 25.8. The van der Waals surface area contributed by atoms with Crippen LogP contribution < -0.4 is 4.90 Å². The van der Waals surface area contributed by atoms with Crippen molar-refractivity contribution in [1.82, 2.24) is 0 Å². The van der Waals surface area contributed by atoms with E-state index >= 15 is 0 Å². The fraction of sp³-hybridized carbons (Fsp3) is 0.0625. The van der Waals surface area contributed by atoms with Crippen molar-refractivity contribution >= 4 is 17.5 Å². The Hall–Kier alpha value is -2.93. The zero-order valence-electron chi connectivity index (χ0n) is 10.8. The molecule has 1 aliphatic heterocycles. The second kappa shape index (κ2) is 4.32. The molecule has 0 saturated carbocycles. The maximum absolute atomic E-state index is 12.4. The smallest absolute Gasteiger partial charge is 0.266 e. The van der Waals surface area contributed by atoms with E-state index in [0.717, 1.165) is 10.5 Å². The Morgan fingerprint density at radius 3 is 2.25 bits per heavy atom. The lowest BCUT2D eigenvalue weighted by Crippen LogP contribution is -2.29. The third-order valence-corrected chi connectivity index (χ3v) is 3.30. The van der Waals surface area contributed by atoms with E-state index in [2.05, 4.69) is 0 Å². The molecule has 1 heterocycles. The van der Waals surface area contributed by atoms with Crippen LogP contribution in [0.25, 0.3) is 0 Å². The molecule has 0 radical (unpaired) electrons. The molecule has 2 amide bonds. The van der Waals surface area contributed by atoms with E-state index in [0.29, 0.717) is 22.4 Å². The molecule has 0 aliphatic carbocycles. The van der Waals surface area contributed by atoms with Gasteiger partial charge in [0.2, 0.25) is 0 Å². The fourth-order valence-corrected chi connectivity index (χ4v) is 2.27. The second-order valence-corrected chi connectivity index (χ2v) is 4.65. The Morgan fingerprint density at radius 1 is 0.950 bits per heavy atom. The minimum Gasteiger partial charge on any atom is -0.268 e. The summed E-state index contributed by atoms with van der Waals surface area (Å²) in [6.07, 6.45) is 0. The van der Waals surface area contributed by atoms with Crippen LogP contribution in [0.5, 0.6) is 0 Å². The van der Waals surface area contributed by atoms with Gasteiger partial charge in [-0.1, -0.05) is 11.6 Å². The molecular formula is C16H10N2O2. The third kappa shape index (κ3) is 1.69. The quantitative estimate of drug-likeness (QED) is 0.742. The van der Waals surface area contributed by atoms with Gasteiger partial charge in [0.15, 0.2) is 0 Å². The maximum atomic E-state index is 12.4. The first kappa shape index (κ1) is 12.1. The number of hydrogen-bond donors (Lipinski definition) is 0. The summed E-state index contributed by atoms with van der Waals surface area (Å²) in [5, 5.41) is 8.77. The minimum atomic E-state index is -0.324. The standard InChI is InChI=1S/C16H10N2O2/c1-10-2-7-13-14(8-10)16(20)18(15(13)19)12-5-3-11(9-17)4-6-12/h2-8H,1H3. The average Bonchev–Trinajstić information content (AvgIpc) is 2.71. The Morgan fingerprint density at radius 2 is 1.60 bits per heavy atom. The number of hydrogen-bond acceptors (Lipinski definition) is 3. The van der Waals surface area contributed by atoms with Crippen LogP contribution in [0.3, 0.4) is 0 Å². The molecule has 0 saturated heterocycles. The summed E-state index contributed by atoms with van der Waals surface area (Å²) >= 11 is 0. The summed E-state index contributed by atoms with van der Waals surface area (Å²) in [5.74, 6) is -0.645. The number of amides is 2. The number of carbonyl (C=O) groups excluding carboxylic acids is 2. The van der Waals surface area contributed by atoms with Gasteiger partial charge >= 0.3 is 0 Å². The predicted molar refractivity (Wildman–Crippen MR) is 73.5 cm³/mol. The van der Waals surface area contributed by atoms with Crippen LogP contribution >= 0.6 is 0 Å². The average molecular weight is 262 g/mol. The van der Waals surface area contributed by atoms with Crippen LogP contribution in [0, 0.1) is 18.3 Å². The van der Waals surface area contributed by atoms with E-state index in [1.165, 1.54) is 0 Å². The Kier molecular flexibility index (Phi) is 2.62. The molecule has 4 nitrogen and oxygen atoms in total. The lowest BCUT2D eigenvalue weighted by Gasteiger charge is -2.13. The first-order valence-corrected chi connectivity index (χ1v) is 6.11. The number of benzene rings is 2. The summed E-state index contributed by atoms with van der Waals surface area (Å²) in [6.45, 7) is 1.88.